The quantitative estimate of drug-likeness (QED) is 0.188. The number of alkyl carbamates (subject to hydrolysis) is 1. The first kappa shape index (κ1) is 43.1. The summed E-state index contributed by atoms with van der Waals surface area (Å²) in [5, 5.41) is 11.7. The first-order valence-corrected chi connectivity index (χ1v) is 23.1. The molecule has 1 saturated heterocycles. The predicted octanol–water partition coefficient (Wildman–Crippen LogP) is 5.43. The molecule has 1 unspecified atom stereocenters. The van der Waals surface area contributed by atoms with E-state index in [9.17, 15) is 27.6 Å². The minimum atomic E-state index is -3.91. The number of sulfonamides is 1. The van der Waals surface area contributed by atoms with Gasteiger partial charge in [0.25, 0.3) is 5.91 Å². The number of nitrogens with one attached hydrogen (secondary N) is 4. The van der Waals surface area contributed by atoms with Crippen LogP contribution in [0.15, 0.2) is 41.8 Å². The molecule has 324 valence electrons. The van der Waals surface area contributed by atoms with E-state index in [1.165, 1.54) is 16.2 Å². The Morgan fingerprint density at radius 1 is 1.05 bits per heavy atom. The van der Waals surface area contributed by atoms with Gasteiger partial charge in [-0.25, -0.2) is 23.2 Å². The largest absolute Gasteiger partial charge is 0.497 e. The van der Waals surface area contributed by atoms with Gasteiger partial charge in [-0.3, -0.25) is 19.1 Å². The van der Waals surface area contributed by atoms with Crippen molar-refractivity contribution in [2.24, 2.45) is 5.92 Å². The molecule has 7 rings (SSSR count). The van der Waals surface area contributed by atoms with Crippen molar-refractivity contribution >= 4 is 61.2 Å². The molecule has 2 aliphatic heterocycles. The van der Waals surface area contributed by atoms with E-state index in [0.717, 1.165) is 18.0 Å². The van der Waals surface area contributed by atoms with Crippen LogP contribution in [0.2, 0.25) is 0 Å². The van der Waals surface area contributed by atoms with Crippen molar-refractivity contribution in [3.05, 3.63) is 41.8 Å². The van der Waals surface area contributed by atoms with Crippen LogP contribution in [0.1, 0.15) is 92.4 Å². The second-order valence-electron chi connectivity index (χ2n) is 17.4. The van der Waals surface area contributed by atoms with E-state index in [1.54, 1.807) is 46.1 Å². The zero-order valence-corrected chi connectivity index (χ0v) is 36.5. The number of ether oxygens (including phenoxy) is 3. The highest BCUT2D eigenvalue weighted by Crippen LogP contribution is 2.46. The molecule has 4 heterocycles. The van der Waals surface area contributed by atoms with Crippen LogP contribution >= 0.6 is 11.3 Å². The van der Waals surface area contributed by atoms with E-state index < -0.39 is 74.3 Å². The summed E-state index contributed by atoms with van der Waals surface area (Å²) >= 11 is 1.45. The van der Waals surface area contributed by atoms with Gasteiger partial charge in [0, 0.05) is 41.3 Å². The topological polar surface area (TPSA) is 207 Å². The van der Waals surface area contributed by atoms with E-state index >= 15 is 0 Å². The standard InChI is InChI=1S/C42H55N7O9S2/c1-24(2)43-39-45-33(23-59-39)32-20-35(29-17-14-26(56-6)18-31(29)44-32)57-27-19-34-36(50)47-42(38(52)48-60(54,55)28-15-16-28)21-25(42)12-10-8-7-9-11-13-30(37(51)49(34)22-27)46-40(53)58-41(3,4)5/h10,12,14,17-18,20,23-25,27-28,30,34H,7-9,11,13,15-16,19,21-22H2,1-6H3,(H,43,45)(H,46,53)(H,47,50)(H,48,52)/t25?,27-,30+,34+,42-/m1/s1. The summed E-state index contributed by atoms with van der Waals surface area (Å²) in [5.74, 6) is -1.34. The molecular weight excluding hydrogens is 811 g/mol. The Hall–Kier alpha value is -4.97. The van der Waals surface area contributed by atoms with Gasteiger partial charge < -0.3 is 35.1 Å². The van der Waals surface area contributed by atoms with Crippen LogP contribution in [-0.2, 0) is 29.1 Å². The molecule has 2 aliphatic carbocycles. The Bertz CT molecular complexity index is 2270. The first-order chi connectivity index (χ1) is 28.4. The molecule has 0 radical (unpaired) electrons. The lowest BCUT2D eigenvalue weighted by atomic mass is 10.0. The Morgan fingerprint density at radius 2 is 1.83 bits per heavy atom. The molecule has 1 aromatic carbocycles. The average molecular weight is 866 g/mol. The molecule has 2 aromatic heterocycles. The first-order valence-electron chi connectivity index (χ1n) is 20.7. The number of carbonyl (C=O) groups excluding carboxylic acids is 4. The summed E-state index contributed by atoms with van der Waals surface area (Å²) in [6.45, 7) is 9.21. The van der Waals surface area contributed by atoms with Crippen molar-refractivity contribution in [3.8, 4) is 22.9 Å². The number of thiazole rings is 1. The fourth-order valence-electron chi connectivity index (χ4n) is 7.71. The van der Waals surface area contributed by atoms with Gasteiger partial charge in [0.05, 0.1) is 30.1 Å². The number of rotatable bonds is 10. The van der Waals surface area contributed by atoms with Crippen LogP contribution in [0, 0.1) is 5.92 Å². The van der Waals surface area contributed by atoms with Crippen molar-refractivity contribution in [1.29, 1.82) is 0 Å². The molecule has 16 nitrogen and oxygen atoms in total. The third-order valence-corrected chi connectivity index (χ3v) is 13.6. The van der Waals surface area contributed by atoms with Crippen LogP contribution in [0.25, 0.3) is 22.3 Å². The van der Waals surface area contributed by atoms with E-state index in [1.807, 2.05) is 37.4 Å². The number of hydrogen-bond acceptors (Lipinski definition) is 13. The van der Waals surface area contributed by atoms with Crippen LogP contribution in [0.4, 0.5) is 9.93 Å². The average Bonchev–Trinajstić information content (AvgIpc) is 4.06. The van der Waals surface area contributed by atoms with E-state index in [2.05, 4.69) is 20.7 Å². The Kier molecular flexibility index (Phi) is 12.4. The fraction of sp³-hybridized carbons (Fsp3) is 0.571. The van der Waals surface area contributed by atoms with Crippen LogP contribution in [0.3, 0.4) is 0 Å². The predicted molar refractivity (Wildman–Crippen MR) is 227 cm³/mol. The monoisotopic (exact) mass is 865 g/mol. The number of methoxy groups -OCH3 is 1. The fourth-order valence-corrected chi connectivity index (χ4v) is 9.93. The maximum absolute atomic E-state index is 14.7. The minimum absolute atomic E-state index is 0.0313. The van der Waals surface area contributed by atoms with E-state index in [4.69, 9.17) is 24.2 Å². The normalized spacial score (nSPS) is 25.0. The Labute approximate surface area is 354 Å². The summed E-state index contributed by atoms with van der Waals surface area (Å²) in [4.78, 5) is 67.3. The van der Waals surface area contributed by atoms with Crippen LogP contribution < -0.4 is 30.1 Å². The van der Waals surface area contributed by atoms with Gasteiger partial charge in [-0.1, -0.05) is 25.0 Å². The van der Waals surface area contributed by atoms with Crippen molar-refractivity contribution in [1.82, 2.24) is 30.2 Å². The van der Waals surface area contributed by atoms with Gasteiger partial charge in [-0.2, -0.15) is 0 Å². The second-order valence-corrected chi connectivity index (χ2v) is 20.2. The minimum Gasteiger partial charge on any atom is -0.497 e. The van der Waals surface area contributed by atoms with Crippen molar-refractivity contribution in [3.63, 3.8) is 0 Å². The molecular formula is C42H55N7O9S2. The highest BCUT2D eigenvalue weighted by molar-refractivity contribution is 7.91. The van der Waals surface area contributed by atoms with Gasteiger partial charge in [0.1, 0.15) is 46.5 Å². The molecule has 0 bridgehead atoms. The van der Waals surface area contributed by atoms with Crippen LogP contribution in [0.5, 0.6) is 11.5 Å². The number of aromatic nitrogens is 2. The van der Waals surface area contributed by atoms with Gasteiger partial charge in [-0.05, 0) is 85.3 Å². The molecule has 4 N–H and O–H groups in total. The zero-order chi connectivity index (χ0) is 43.0. The number of hydrogen-bond donors (Lipinski definition) is 4. The molecule has 4 amide bonds. The summed E-state index contributed by atoms with van der Waals surface area (Å²) < 4.78 is 45.9. The maximum Gasteiger partial charge on any atom is 0.408 e. The number of fused-ring (bicyclic) bond motifs is 3. The molecule has 0 spiro atoms. The number of benzene rings is 1. The van der Waals surface area contributed by atoms with Crippen molar-refractivity contribution < 1.29 is 41.8 Å². The third-order valence-electron chi connectivity index (χ3n) is 11.0. The number of pyridine rings is 1. The third kappa shape index (κ3) is 9.96. The molecule has 4 aliphatic rings. The van der Waals surface area contributed by atoms with Gasteiger partial charge in [-0.15, -0.1) is 11.3 Å². The number of anilines is 1. The van der Waals surface area contributed by atoms with E-state index in [-0.39, 0.29) is 25.4 Å². The van der Waals surface area contributed by atoms with Gasteiger partial charge in [0.15, 0.2) is 5.13 Å². The van der Waals surface area contributed by atoms with Crippen LogP contribution in [-0.4, -0.2) is 101 Å². The highest BCUT2D eigenvalue weighted by Gasteiger charge is 2.62. The number of nitrogens with zero attached hydrogens (tertiary/aromatic N) is 3. The lowest BCUT2D eigenvalue weighted by molar-refractivity contribution is -0.141. The summed E-state index contributed by atoms with van der Waals surface area (Å²) in [7, 11) is -2.35. The van der Waals surface area contributed by atoms with Crippen molar-refractivity contribution in [2.45, 2.75) is 133 Å². The van der Waals surface area contributed by atoms with Crippen molar-refractivity contribution in [2.75, 3.05) is 19.0 Å². The summed E-state index contributed by atoms with van der Waals surface area (Å²) in [6.07, 6.45) is 6.62. The zero-order valence-electron chi connectivity index (χ0n) is 34.9. The molecule has 60 heavy (non-hydrogen) atoms. The number of allylic oxidation sites excluding steroid dienone is 1. The summed E-state index contributed by atoms with van der Waals surface area (Å²) in [6, 6.07) is 5.22. The van der Waals surface area contributed by atoms with Gasteiger partial charge in [0.2, 0.25) is 21.8 Å². The lowest BCUT2D eigenvalue weighted by Gasteiger charge is -2.30. The van der Waals surface area contributed by atoms with E-state index in [0.29, 0.717) is 65.9 Å². The second kappa shape index (κ2) is 17.2. The SMILES string of the molecule is COc1ccc2c(O[C@@H]3C[C@H]4C(=O)N[C@]5(C(=O)NS(=O)(=O)C6CC6)CC5C=CCCCCC[C@H](NC(=O)OC(C)(C)C)C(=O)N4C3)cc(-c3csc(NC(C)C)n3)nc2c1. The molecule has 5 atom stereocenters. The molecule has 3 aromatic rings. The van der Waals surface area contributed by atoms with Gasteiger partial charge >= 0.3 is 6.09 Å². The number of amides is 4. The molecule has 3 fully saturated rings. The Balaban J connectivity index is 1.23. The molecule has 18 heteroatoms. The smallest absolute Gasteiger partial charge is 0.408 e. The highest BCUT2D eigenvalue weighted by atomic mass is 32.2. The summed E-state index contributed by atoms with van der Waals surface area (Å²) in [5.41, 5.74) is -0.591. The lowest BCUT2D eigenvalue weighted by Crippen LogP contribution is -2.58. The Morgan fingerprint density at radius 3 is 2.55 bits per heavy atom. The molecule has 2 saturated carbocycles. The number of carbonyl (C=O) groups is 4. The maximum atomic E-state index is 14.7.